The van der Waals surface area contributed by atoms with Gasteiger partial charge in [0.15, 0.2) is 0 Å². The van der Waals surface area contributed by atoms with Gasteiger partial charge in [0.1, 0.15) is 0 Å². The van der Waals surface area contributed by atoms with Crippen molar-refractivity contribution in [1.82, 2.24) is 0 Å². The summed E-state index contributed by atoms with van der Waals surface area (Å²) in [4.78, 5) is 0. The molecule has 0 saturated heterocycles. The molecule has 4 rings (SSSR count). The van der Waals surface area contributed by atoms with Crippen molar-refractivity contribution in [2.24, 2.45) is 0 Å². The van der Waals surface area contributed by atoms with E-state index in [4.69, 9.17) is 0 Å². The summed E-state index contributed by atoms with van der Waals surface area (Å²) in [5.74, 6) is 0. The average molecular weight is 295 g/mol. The third kappa shape index (κ3) is 1.31. The molecule has 1 aliphatic carbocycles. The summed E-state index contributed by atoms with van der Waals surface area (Å²) in [6, 6.07) is 19.6. The van der Waals surface area contributed by atoms with Gasteiger partial charge in [-0.15, -0.1) is 0 Å². The summed E-state index contributed by atoms with van der Waals surface area (Å²) in [5, 5.41) is 2.69. The van der Waals surface area contributed by atoms with E-state index in [9.17, 15) is 0 Å². The van der Waals surface area contributed by atoms with Gasteiger partial charge in [0.2, 0.25) is 0 Å². The van der Waals surface area contributed by atoms with Crippen molar-refractivity contribution in [1.29, 1.82) is 0 Å². The Balaban J connectivity index is 2.16. The van der Waals surface area contributed by atoms with Gasteiger partial charge < -0.3 is 0 Å². The normalized spacial score (nSPS) is 12.5. The highest BCUT2D eigenvalue weighted by molar-refractivity contribution is 9.10. The van der Waals surface area contributed by atoms with Gasteiger partial charge in [-0.25, -0.2) is 0 Å². The lowest BCUT2D eigenvalue weighted by Crippen LogP contribution is -1.81. The predicted molar refractivity (Wildman–Crippen MR) is 79.9 cm³/mol. The second-order valence-electron chi connectivity index (χ2n) is 4.76. The van der Waals surface area contributed by atoms with E-state index in [2.05, 4.69) is 70.5 Å². The van der Waals surface area contributed by atoms with Gasteiger partial charge in [0.25, 0.3) is 0 Å². The summed E-state index contributed by atoms with van der Waals surface area (Å²) in [6.07, 6.45) is 1.04. The Hall–Kier alpha value is -1.60. The molecular formula is C17H11Br. The summed E-state index contributed by atoms with van der Waals surface area (Å²) in [5.41, 5.74) is 5.67. The lowest BCUT2D eigenvalue weighted by Gasteiger charge is -2.06. The molecule has 3 aromatic rings. The Labute approximate surface area is 114 Å². The van der Waals surface area contributed by atoms with Crippen molar-refractivity contribution in [3.8, 4) is 11.1 Å². The van der Waals surface area contributed by atoms with Crippen LogP contribution in [0, 0.1) is 0 Å². The molecule has 0 radical (unpaired) electrons. The number of fused-ring (bicyclic) bond motifs is 5. The standard InChI is InChI=1S/C17H11Br/c18-16-7-3-6-14-15(16)10-12-9-8-11-4-1-2-5-13(11)17(12)14/h1-9H,10H2. The van der Waals surface area contributed by atoms with Crippen LogP contribution in [-0.2, 0) is 6.42 Å². The number of rotatable bonds is 0. The first kappa shape index (κ1) is 10.3. The van der Waals surface area contributed by atoms with Crippen LogP contribution < -0.4 is 0 Å². The zero-order valence-electron chi connectivity index (χ0n) is 9.78. The van der Waals surface area contributed by atoms with Crippen LogP contribution in [0.1, 0.15) is 11.1 Å². The molecule has 0 amide bonds. The highest BCUT2D eigenvalue weighted by Crippen LogP contribution is 2.43. The fourth-order valence-corrected chi connectivity index (χ4v) is 3.45. The summed E-state index contributed by atoms with van der Waals surface area (Å²) < 4.78 is 1.22. The van der Waals surface area contributed by atoms with Crippen LogP contribution >= 0.6 is 15.9 Å². The highest BCUT2D eigenvalue weighted by Gasteiger charge is 2.21. The molecular weight excluding hydrogens is 284 g/mol. The van der Waals surface area contributed by atoms with Gasteiger partial charge in [-0.3, -0.25) is 0 Å². The second kappa shape index (κ2) is 3.69. The molecule has 0 aliphatic heterocycles. The van der Waals surface area contributed by atoms with Crippen LogP contribution in [0.15, 0.2) is 59.1 Å². The zero-order valence-corrected chi connectivity index (χ0v) is 11.4. The number of hydrogen-bond donors (Lipinski definition) is 0. The molecule has 1 heteroatoms. The van der Waals surface area contributed by atoms with E-state index in [1.54, 1.807) is 0 Å². The lowest BCUT2D eigenvalue weighted by molar-refractivity contribution is 1.25. The van der Waals surface area contributed by atoms with E-state index >= 15 is 0 Å². The predicted octanol–water partition coefficient (Wildman–Crippen LogP) is 5.17. The molecule has 0 spiro atoms. The fourth-order valence-electron chi connectivity index (χ4n) is 2.95. The molecule has 1 aliphatic rings. The molecule has 18 heavy (non-hydrogen) atoms. The maximum Gasteiger partial charge on any atom is 0.0216 e. The van der Waals surface area contributed by atoms with Gasteiger partial charge in [0.05, 0.1) is 0 Å². The van der Waals surface area contributed by atoms with Crippen molar-refractivity contribution < 1.29 is 0 Å². The first-order valence-electron chi connectivity index (χ1n) is 6.13. The Kier molecular flexibility index (Phi) is 2.12. The number of benzene rings is 3. The zero-order chi connectivity index (χ0) is 12.1. The first-order chi connectivity index (χ1) is 8.84. The van der Waals surface area contributed by atoms with E-state index in [1.807, 2.05) is 0 Å². The van der Waals surface area contributed by atoms with Crippen LogP contribution in [-0.4, -0.2) is 0 Å². The molecule has 0 heterocycles. The molecule has 86 valence electrons. The Morgan fingerprint density at radius 3 is 2.67 bits per heavy atom. The molecule has 0 nitrogen and oxygen atoms in total. The van der Waals surface area contributed by atoms with Crippen molar-refractivity contribution in [3.63, 3.8) is 0 Å². The van der Waals surface area contributed by atoms with E-state index in [0.29, 0.717) is 0 Å². The van der Waals surface area contributed by atoms with Crippen LogP contribution in [0.25, 0.3) is 21.9 Å². The number of halogens is 1. The Morgan fingerprint density at radius 2 is 1.72 bits per heavy atom. The van der Waals surface area contributed by atoms with E-state index in [-0.39, 0.29) is 0 Å². The topological polar surface area (TPSA) is 0 Å². The third-order valence-electron chi connectivity index (χ3n) is 3.77. The van der Waals surface area contributed by atoms with Crippen molar-refractivity contribution in [3.05, 3.63) is 70.2 Å². The largest absolute Gasteiger partial charge is 0.0616 e. The van der Waals surface area contributed by atoms with Gasteiger partial charge >= 0.3 is 0 Å². The molecule has 0 fully saturated rings. The van der Waals surface area contributed by atoms with E-state index < -0.39 is 0 Å². The Bertz CT molecular complexity index is 772. The minimum absolute atomic E-state index is 1.04. The van der Waals surface area contributed by atoms with Crippen LogP contribution in [0.5, 0.6) is 0 Å². The van der Waals surface area contributed by atoms with Crippen LogP contribution in [0.3, 0.4) is 0 Å². The van der Waals surface area contributed by atoms with Crippen molar-refractivity contribution in [2.45, 2.75) is 6.42 Å². The van der Waals surface area contributed by atoms with Crippen molar-refractivity contribution >= 4 is 26.7 Å². The highest BCUT2D eigenvalue weighted by atomic mass is 79.9. The minimum atomic E-state index is 1.04. The molecule has 0 atom stereocenters. The first-order valence-corrected chi connectivity index (χ1v) is 6.92. The Morgan fingerprint density at radius 1 is 0.833 bits per heavy atom. The van der Waals surface area contributed by atoms with Crippen LogP contribution in [0.2, 0.25) is 0 Å². The molecule has 0 bridgehead atoms. The lowest BCUT2D eigenvalue weighted by atomic mass is 9.98. The molecule has 0 N–H and O–H groups in total. The van der Waals surface area contributed by atoms with Gasteiger partial charge in [-0.05, 0) is 45.5 Å². The summed E-state index contributed by atoms with van der Waals surface area (Å²) in [7, 11) is 0. The maximum absolute atomic E-state index is 3.67. The average Bonchev–Trinajstić information content (AvgIpc) is 2.79. The number of hydrogen-bond acceptors (Lipinski definition) is 0. The SMILES string of the molecule is Brc1cccc2c1Cc1ccc3ccccc3c1-2. The smallest absolute Gasteiger partial charge is 0.0216 e. The van der Waals surface area contributed by atoms with Gasteiger partial charge in [-0.2, -0.15) is 0 Å². The van der Waals surface area contributed by atoms with Crippen LogP contribution in [0.4, 0.5) is 0 Å². The van der Waals surface area contributed by atoms with Crippen molar-refractivity contribution in [2.75, 3.05) is 0 Å². The van der Waals surface area contributed by atoms with E-state index in [0.717, 1.165) is 6.42 Å². The molecule has 0 aromatic heterocycles. The third-order valence-corrected chi connectivity index (χ3v) is 4.51. The summed E-state index contributed by atoms with van der Waals surface area (Å²) in [6.45, 7) is 0. The van der Waals surface area contributed by atoms with Gasteiger partial charge in [-0.1, -0.05) is 64.5 Å². The quantitative estimate of drug-likeness (QED) is 0.419. The monoisotopic (exact) mass is 294 g/mol. The molecule has 0 unspecified atom stereocenters. The summed E-state index contributed by atoms with van der Waals surface area (Å²) >= 11 is 3.67. The maximum atomic E-state index is 3.67. The second-order valence-corrected chi connectivity index (χ2v) is 5.62. The van der Waals surface area contributed by atoms with E-state index in [1.165, 1.54) is 37.5 Å². The molecule has 3 aromatic carbocycles. The van der Waals surface area contributed by atoms with Gasteiger partial charge in [0, 0.05) is 4.47 Å². The molecule has 0 saturated carbocycles. The minimum Gasteiger partial charge on any atom is -0.0616 e. The fraction of sp³-hybridized carbons (Fsp3) is 0.0588.